The molecule has 0 amide bonds. The third-order valence-electron chi connectivity index (χ3n) is 9.44. The first-order valence-corrected chi connectivity index (χ1v) is 15.0. The van der Waals surface area contributed by atoms with Crippen LogP contribution in [0.5, 0.6) is 0 Å². The first kappa shape index (κ1) is 23.8. The van der Waals surface area contributed by atoms with Gasteiger partial charge in [0.15, 0.2) is 0 Å². The molecule has 2 aliphatic rings. The molecule has 202 valence electrons. The Balaban J connectivity index is 1.35. The monoisotopic (exact) mass is 542 g/mol. The topological polar surface area (TPSA) is 26.3 Å². The van der Waals surface area contributed by atoms with E-state index in [2.05, 4.69) is 117 Å². The fourth-order valence-corrected chi connectivity index (χ4v) is 7.50. The van der Waals surface area contributed by atoms with E-state index in [4.69, 9.17) is 8.83 Å². The molecule has 0 saturated heterocycles. The van der Waals surface area contributed by atoms with Gasteiger partial charge in [0.2, 0.25) is 0 Å². The van der Waals surface area contributed by atoms with Gasteiger partial charge in [0.1, 0.15) is 22.5 Å². The molecular weight excluding hydrogens is 512 g/mol. The van der Waals surface area contributed by atoms with Crippen molar-refractivity contribution in [3.8, 4) is 22.3 Å². The summed E-state index contributed by atoms with van der Waals surface area (Å²) in [5.41, 5.74) is 12.1. The average Bonchev–Trinajstić information content (AvgIpc) is 3.58. The van der Waals surface area contributed by atoms with Crippen molar-refractivity contribution in [3.05, 3.63) is 120 Å². The molecular formula is C40H30O2. The van der Waals surface area contributed by atoms with Crippen molar-refractivity contribution < 1.29 is 8.83 Å². The van der Waals surface area contributed by atoms with E-state index in [1.54, 1.807) is 0 Å². The smallest absolute Gasteiger partial charge is 0.135 e. The lowest BCUT2D eigenvalue weighted by molar-refractivity contribution is 0.586. The van der Waals surface area contributed by atoms with Crippen LogP contribution >= 0.6 is 0 Å². The molecule has 5 aromatic carbocycles. The number of benzene rings is 5. The minimum absolute atomic E-state index is 0.450. The van der Waals surface area contributed by atoms with E-state index in [-0.39, 0.29) is 0 Å². The molecule has 2 heterocycles. The minimum atomic E-state index is 0.450. The van der Waals surface area contributed by atoms with Crippen LogP contribution in [0, 0.1) is 5.92 Å². The molecule has 2 heteroatoms. The molecule has 2 atom stereocenters. The van der Waals surface area contributed by atoms with Crippen molar-refractivity contribution in [2.24, 2.45) is 5.92 Å². The number of allylic oxidation sites excluding steroid dienone is 2. The second kappa shape index (κ2) is 8.84. The van der Waals surface area contributed by atoms with Crippen LogP contribution in [-0.2, 0) is 6.42 Å². The first-order chi connectivity index (χ1) is 20.6. The fourth-order valence-electron chi connectivity index (χ4n) is 7.50. The maximum atomic E-state index is 6.30. The summed E-state index contributed by atoms with van der Waals surface area (Å²) in [6, 6.07) is 30.8. The summed E-state index contributed by atoms with van der Waals surface area (Å²) in [6.45, 7) is 4.63. The Morgan fingerprint density at radius 2 is 1.29 bits per heavy atom. The van der Waals surface area contributed by atoms with Crippen molar-refractivity contribution in [2.75, 3.05) is 0 Å². The zero-order chi connectivity index (χ0) is 27.9. The third-order valence-corrected chi connectivity index (χ3v) is 9.44. The molecule has 9 rings (SSSR count). The number of hydrogen-bond acceptors (Lipinski definition) is 2. The molecule has 0 radical (unpaired) electrons. The van der Waals surface area contributed by atoms with Gasteiger partial charge in [-0.3, -0.25) is 0 Å². The molecule has 0 saturated carbocycles. The summed E-state index contributed by atoms with van der Waals surface area (Å²) >= 11 is 0. The van der Waals surface area contributed by atoms with Gasteiger partial charge in [-0.05, 0) is 105 Å². The van der Waals surface area contributed by atoms with Crippen molar-refractivity contribution in [2.45, 2.75) is 32.6 Å². The molecule has 0 fully saturated rings. The normalized spacial score (nSPS) is 17.9. The number of hydrogen-bond donors (Lipinski definition) is 0. The SMILES string of the molecule is CC1C=Cc2c(c(-c3ccc4oc5c(c4c3)C(C)CC=C5)c3ccccc3c2-c2ccc3oc4ccccc4c3c2)C1. The summed E-state index contributed by atoms with van der Waals surface area (Å²) in [4.78, 5) is 0. The highest BCUT2D eigenvalue weighted by Crippen LogP contribution is 2.47. The van der Waals surface area contributed by atoms with Crippen LogP contribution in [0.4, 0.5) is 0 Å². The second-order valence-corrected chi connectivity index (χ2v) is 12.2. The maximum Gasteiger partial charge on any atom is 0.135 e. The minimum Gasteiger partial charge on any atom is -0.456 e. The zero-order valence-electron chi connectivity index (χ0n) is 23.8. The van der Waals surface area contributed by atoms with E-state index >= 15 is 0 Å². The standard InChI is InChI=1S/C40H30O2/c1-23-14-17-30-32(20-23)40(26-16-19-36-33(22-26)38-24(2)8-7-13-37(38)42-36)29-11-4-3-10-28(29)39(30)25-15-18-35-31(21-25)27-9-5-6-12-34(27)41-35/h3-7,9-19,21-24H,8,20H2,1-2H3. The molecule has 0 aliphatic heterocycles. The average molecular weight is 543 g/mol. The Hall–Kier alpha value is -4.82. The van der Waals surface area contributed by atoms with E-state index in [1.807, 2.05) is 6.07 Å². The van der Waals surface area contributed by atoms with Crippen molar-refractivity contribution in [3.63, 3.8) is 0 Å². The van der Waals surface area contributed by atoms with Crippen molar-refractivity contribution in [1.82, 2.24) is 0 Å². The van der Waals surface area contributed by atoms with Crippen molar-refractivity contribution in [1.29, 1.82) is 0 Å². The lowest BCUT2D eigenvalue weighted by Crippen LogP contribution is -2.08. The van der Waals surface area contributed by atoms with Gasteiger partial charge in [-0.25, -0.2) is 0 Å². The highest BCUT2D eigenvalue weighted by molar-refractivity contribution is 6.13. The van der Waals surface area contributed by atoms with Crippen LogP contribution in [0.3, 0.4) is 0 Å². The molecule has 2 nitrogen and oxygen atoms in total. The molecule has 2 unspecified atom stereocenters. The van der Waals surface area contributed by atoms with Crippen LogP contribution in [0.15, 0.2) is 106 Å². The molecule has 7 aromatic rings. The Morgan fingerprint density at radius 3 is 2.12 bits per heavy atom. The summed E-state index contributed by atoms with van der Waals surface area (Å²) < 4.78 is 12.5. The number of fused-ring (bicyclic) bond motifs is 8. The van der Waals surface area contributed by atoms with Crippen LogP contribution in [0.25, 0.3) is 78.1 Å². The molecule has 42 heavy (non-hydrogen) atoms. The van der Waals surface area contributed by atoms with Gasteiger partial charge < -0.3 is 8.83 Å². The summed E-state index contributed by atoms with van der Waals surface area (Å²) in [6.07, 6.45) is 11.2. The number of furan rings is 2. The van der Waals surface area contributed by atoms with Crippen LogP contribution in [0.2, 0.25) is 0 Å². The quantitative estimate of drug-likeness (QED) is 0.217. The third kappa shape index (κ3) is 3.39. The van der Waals surface area contributed by atoms with E-state index in [0.29, 0.717) is 11.8 Å². The predicted molar refractivity (Wildman–Crippen MR) is 176 cm³/mol. The van der Waals surface area contributed by atoms with Gasteiger partial charge in [-0.15, -0.1) is 0 Å². The van der Waals surface area contributed by atoms with Gasteiger partial charge in [-0.2, -0.15) is 0 Å². The van der Waals surface area contributed by atoms with Crippen LogP contribution in [0.1, 0.15) is 48.6 Å². The highest BCUT2D eigenvalue weighted by Gasteiger charge is 2.26. The van der Waals surface area contributed by atoms with Gasteiger partial charge in [0, 0.05) is 21.7 Å². The Kier molecular flexibility index (Phi) is 5.02. The fraction of sp³-hybridized carbons (Fsp3) is 0.150. The van der Waals surface area contributed by atoms with Gasteiger partial charge in [0.05, 0.1) is 0 Å². The van der Waals surface area contributed by atoms with E-state index in [0.717, 1.165) is 46.1 Å². The summed E-state index contributed by atoms with van der Waals surface area (Å²) in [5, 5.41) is 6.15. The molecule has 0 spiro atoms. The molecule has 2 aromatic heterocycles. The molecule has 2 aliphatic carbocycles. The van der Waals surface area contributed by atoms with Gasteiger partial charge in [0.25, 0.3) is 0 Å². The van der Waals surface area contributed by atoms with Crippen LogP contribution in [-0.4, -0.2) is 0 Å². The zero-order valence-corrected chi connectivity index (χ0v) is 23.8. The summed E-state index contributed by atoms with van der Waals surface area (Å²) in [7, 11) is 0. The van der Waals surface area contributed by atoms with E-state index in [9.17, 15) is 0 Å². The lowest BCUT2D eigenvalue weighted by atomic mass is 9.78. The van der Waals surface area contributed by atoms with Crippen LogP contribution < -0.4 is 0 Å². The lowest BCUT2D eigenvalue weighted by Gasteiger charge is -2.26. The highest BCUT2D eigenvalue weighted by atomic mass is 16.3. The first-order valence-electron chi connectivity index (χ1n) is 15.0. The largest absolute Gasteiger partial charge is 0.456 e. The summed E-state index contributed by atoms with van der Waals surface area (Å²) in [5.74, 6) is 1.94. The molecule has 0 N–H and O–H groups in total. The van der Waals surface area contributed by atoms with E-state index in [1.165, 1.54) is 55.1 Å². The van der Waals surface area contributed by atoms with Crippen molar-refractivity contribution >= 4 is 55.8 Å². The predicted octanol–water partition coefficient (Wildman–Crippen LogP) is 11.5. The number of rotatable bonds is 2. The number of para-hydroxylation sites is 1. The second-order valence-electron chi connectivity index (χ2n) is 12.2. The van der Waals surface area contributed by atoms with E-state index < -0.39 is 0 Å². The van der Waals surface area contributed by atoms with Gasteiger partial charge >= 0.3 is 0 Å². The Morgan fingerprint density at radius 1 is 0.619 bits per heavy atom. The Bertz CT molecular complexity index is 2290. The molecule has 0 bridgehead atoms. The Labute approximate surface area is 244 Å². The maximum absolute atomic E-state index is 6.30. The van der Waals surface area contributed by atoms with Gasteiger partial charge in [-0.1, -0.05) is 86.7 Å².